The number of hydrogen-bond donors (Lipinski definition) is 2. The molecular weight excluding hydrogens is 432 g/mol. The molecule has 0 atom stereocenters. The Morgan fingerprint density at radius 1 is 1.12 bits per heavy atom. The number of carbonyl (C=O) groups is 2. The Morgan fingerprint density at radius 3 is 2.53 bits per heavy atom. The van der Waals surface area contributed by atoms with E-state index in [1.165, 1.54) is 16.0 Å². The molecule has 2 amide bonds. The number of nitrogens with one attached hydrogen (secondary N) is 2. The number of hydrazine groups is 1. The topological polar surface area (TPSA) is 118 Å². The number of ether oxygens (including phenoxy) is 1. The first-order chi connectivity index (χ1) is 15.4. The number of anilines is 1. The van der Waals surface area contributed by atoms with Gasteiger partial charge in [0.1, 0.15) is 5.69 Å². The van der Waals surface area contributed by atoms with E-state index < -0.39 is 11.8 Å². The lowest BCUT2D eigenvalue weighted by atomic mass is 10.1. The molecule has 1 fully saturated rings. The highest BCUT2D eigenvalue weighted by molar-refractivity contribution is 7.13. The zero-order valence-electron chi connectivity index (χ0n) is 17.8. The summed E-state index contributed by atoms with van der Waals surface area (Å²) < 4.78 is 6.62. The molecule has 1 aliphatic heterocycles. The van der Waals surface area contributed by atoms with Crippen LogP contribution in [0.4, 0.5) is 5.13 Å². The Balaban J connectivity index is 1.50. The monoisotopic (exact) mass is 456 g/mol. The summed E-state index contributed by atoms with van der Waals surface area (Å²) in [6, 6.07) is 6.79. The molecule has 0 aliphatic carbocycles. The molecule has 2 N–H and O–H groups in total. The van der Waals surface area contributed by atoms with Crippen LogP contribution in [0.1, 0.15) is 34.8 Å². The van der Waals surface area contributed by atoms with Gasteiger partial charge in [-0.3, -0.25) is 25.2 Å². The first-order valence-corrected chi connectivity index (χ1v) is 11.2. The maximum atomic E-state index is 12.9. The van der Waals surface area contributed by atoms with Crippen LogP contribution in [0, 0.1) is 5.92 Å². The number of morpholine rings is 1. The quantitative estimate of drug-likeness (QED) is 0.558. The van der Waals surface area contributed by atoms with Crippen molar-refractivity contribution in [1.29, 1.82) is 0 Å². The third-order valence-electron chi connectivity index (χ3n) is 4.92. The summed E-state index contributed by atoms with van der Waals surface area (Å²) in [6.45, 7) is 6.98. The van der Waals surface area contributed by atoms with Gasteiger partial charge in [-0.2, -0.15) is 5.10 Å². The molecular formula is C21H24N6O4S. The smallest absolute Gasteiger partial charge is 0.290 e. The van der Waals surface area contributed by atoms with Gasteiger partial charge >= 0.3 is 0 Å². The van der Waals surface area contributed by atoms with Crippen LogP contribution in [0.2, 0.25) is 0 Å². The van der Waals surface area contributed by atoms with E-state index in [0.29, 0.717) is 30.5 Å². The summed E-state index contributed by atoms with van der Waals surface area (Å²) in [5.41, 5.74) is 4.80. The zero-order chi connectivity index (χ0) is 22.7. The van der Waals surface area contributed by atoms with Crippen molar-refractivity contribution in [2.75, 3.05) is 31.2 Å². The van der Waals surface area contributed by atoms with E-state index in [4.69, 9.17) is 4.74 Å². The van der Waals surface area contributed by atoms with Crippen LogP contribution >= 0.6 is 11.3 Å². The fourth-order valence-electron chi connectivity index (χ4n) is 3.38. The van der Waals surface area contributed by atoms with E-state index in [-0.39, 0.29) is 22.9 Å². The molecule has 11 heteroatoms. The maximum absolute atomic E-state index is 12.9. The minimum absolute atomic E-state index is 0.0634. The molecule has 10 nitrogen and oxygen atoms in total. The highest BCUT2D eigenvalue weighted by Crippen LogP contribution is 2.21. The van der Waals surface area contributed by atoms with Crippen molar-refractivity contribution in [2.24, 2.45) is 5.92 Å². The van der Waals surface area contributed by atoms with Crippen molar-refractivity contribution in [1.82, 2.24) is 25.6 Å². The predicted molar refractivity (Wildman–Crippen MR) is 121 cm³/mol. The van der Waals surface area contributed by atoms with Crippen molar-refractivity contribution in [3.63, 3.8) is 0 Å². The average Bonchev–Trinajstić information content (AvgIpc) is 3.30. The number of thiazole rings is 1. The number of aromatic nitrogens is 3. The minimum Gasteiger partial charge on any atom is -0.378 e. The summed E-state index contributed by atoms with van der Waals surface area (Å²) >= 11 is 1.36. The summed E-state index contributed by atoms with van der Waals surface area (Å²) in [6.07, 6.45) is 0. The molecule has 4 rings (SSSR count). The largest absolute Gasteiger partial charge is 0.378 e. The van der Waals surface area contributed by atoms with Crippen molar-refractivity contribution < 1.29 is 14.3 Å². The molecule has 1 saturated heterocycles. The molecule has 0 saturated carbocycles. The molecule has 1 aliphatic rings. The van der Waals surface area contributed by atoms with Crippen LogP contribution in [0.25, 0.3) is 10.8 Å². The van der Waals surface area contributed by atoms with Gasteiger partial charge in [0.05, 0.1) is 18.6 Å². The molecule has 0 spiro atoms. The van der Waals surface area contributed by atoms with Gasteiger partial charge in [-0.25, -0.2) is 9.67 Å². The zero-order valence-corrected chi connectivity index (χ0v) is 18.6. The van der Waals surface area contributed by atoms with E-state index in [2.05, 4.69) is 25.8 Å². The molecule has 0 radical (unpaired) electrons. The number of carbonyl (C=O) groups excluding carboxylic acids is 2. The lowest BCUT2D eigenvalue weighted by Gasteiger charge is -2.25. The fraction of sp³-hybridized carbons (Fsp3) is 0.381. The third-order valence-corrected chi connectivity index (χ3v) is 5.82. The second kappa shape index (κ2) is 9.45. The van der Waals surface area contributed by atoms with Crippen LogP contribution in [0.15, 0.2) is 34.4 Å². The first kappa shape index (κ1) is 21.9. The van der Waals surface area contributed by atoms with Gasteiger partial charge < -0.3 is 9.64 Å². The lowest BCUT2D eigenvalue weighted by molar-refractivity contribution is 0.0841. The van der Waals surface area contributed by atoms with Crippen molar-refractivity contribution in [2.45, 2.75) is 20.4 Å². The molecule has 0 unspecified atom stereocenters. The van der Waals surface area contributed by atoms with E-state index in [1.807, 2.05) is 13.8 Å². The molecule has 32 heavy (non-hydrogen) atoms. The third kappa shape index (κ3) is 4.63. The SMILES string of the molecule is CC(C)Cn1nc(C(=O)NNC(=O)c2csc(N3CCOCC3)n2)c2ccccc2c1=O. The Hall–Kier alpha value is -3.31. The summed E-state index contributed by atoms with van der Waals surface area (Å²) in [5, 5.41) is 7.46. The van der Waals surface area contributed by atoms with Gasteiger partial charge in [0.2, 0.25) is 0 Å². The molecule has 3 heterocycles. The summed E-state index contributed by atoms with van der Waals surface area (Å²) in [5.74, 6) is -0.980. The highest BCUT2D eigenvalue weighted by Gasteiger charge is 2.20. The maximum Gasteiger partial charge on any atom is 0.290 e. The lowest BCUT2D eigenvalue weighted by Crippen LogP contribution is -2.43. The van der Waals surface area contributed by atoms with Gasteiger partial charge in [0.25, 0.3) is 17.4 Å². The summed E-state index contributed by atoms with van der Waals surface area (Å²) in [7, 11) is 0. The normalized spacial score (nSPS) is 14.0. The Morgan fingerprint density at radius 2 is 1.81 bits per heavy atom. The fourth-order valence-corrected chi connectivity index (χ4v) is 4.24. The van der Waals surface area contributed by atoms with E-state index >= 15 is 0 Å². The van der Waals surface area contributed by atoms with Crippen molar-refractivity contribution in [3.8, 4) is 0 Å². The van der Waals surface area contributed by atoms with Crippen LogP contribution in [0.5, 0.6) is 0 Å². The van der Waals surface area contributed by atoms with Crippen LogP contribution in [-0.2, 0) is 11.3 Å². The Kier molecular flexibility index (Phi) is 6.47. The van der Waals surface area contributed by atoms with Crippen molar-refractivity contribution in [3.05, 3.63) is 51.4 Å². The molecule has 1 aromatic carbocycles. The van der Waals surface area contributed by atoms with E-state index in [0.717, 1.165) is 18.2 Å². The predicted octanol–water partition coefficient (Wildman–Crippen LogP) is 1.42. The van der Waals surface area contributed by atoms with E-state index in [1.54, 1.807) is 29.6 Å². The summed E-state index contributed by atoms with van der Waals surface area (Å²) in [4.78, 5) is 44.5. The van der Waals surface area contributed by atoms with Gasteiger partial charge in [0, 0.05) is 30.4 Å². The molecule has 0 bridgehead atoms. The highest BCUT2D eigenvalue weighted by atomic mass is 32.1. The second-order valence-corrected chi connectivity index (χ2v) is 8.63. The first-order valence-electron chi connectivity index (χ1n) is 10.3. The van der Waals surface area contributed by atoms with Gasteiger partial charge in [-0.1, -0.05) is 32.0 Å². The number of benzene rings is 1. The minimum atomic E-state index is -0.615. The number of amides is 2. The Bertz CT molecular complexity index is 1200. The van der Waals surface area contributed by atoms with Gasteiger partial charge in [0.15, 0.2) is 10.8 Å². The number of nitrogens with zero attached hydrogens (tertiary/aromatic N) is 4. The average molecular weight is 457 g/mol. The molecule has 2 aromatic heterocycles. The number of rotatable bonds is 5. The second-order valence-electron chi connectivity index (χ2n) is 7.80. The van der Waals surface area contributed by atoms with E-state index in [9.17, 15) is 14.4 Å². The molecule has 168 valence electrons. The molecule has 3 aromatic rings. The van der Waals surface area contributed by atoms with Gasteiger partial charge in [-0.15, -0.1) is 11.3 Å². The Labute approximate surface area is 188 Å². The number of fused-ring (bicyclic) bond motifs is 1. The van der Waals surface area contributed by atoms with Crippen molar-refractivity contribution >= 4 is 39.1 Å². The van der Waals surface area contributed by atoms with Crippen LogP contribution in [0.3, 0.4) is 0 Å². The van der Waals surface area contributed by atoms with Gasteiger partial charge in [-0.05, 0) is 12.0 Å². The van der Waals surface area contributed by atoms with Crippen LogP contribution < -0.4 is 21.3 Å². The number of hydrogen-bond acceptors (Lipinski definition) is 8. The standard InChI is InChI=1S/C21H24N6O4S/c1-13(2)11-27-20(30)15-6-4-3-5-14(15)17(25-27)19(29)24-23-18(28)16-12-32-21(22-16)26-7-9-31-10-8-26/h3-6,12-13H,7-11H2,1-2H3,(H,23,28)(H,24,29). The van der Waals surface area contributed by atoms with Crippen LogP contribution in [-0.4, -0.2) is 52.9 Å².